The number of hydrogen-bond acceptors (Lipinski definition) is 4. The highest BCUT2D eigenvalue weighted by atomic mass is 19.1. The zero-order valence-corrected chi connectivity index (χ0v) is 12.2. The molecule has 0 radical (unpaired) electrons. The van der Waals surface area contributed by atoms with Gasteiger partial charge < -0.3 is 9.63 Å². The molecule has 1 N–H and O–H groups in total. The second-order valence-electron chi connectivity index (χ2n) is 5.89. The van der Waals surface area contributed by atoms with Crippen LogP contribution in [0.2, 0.25) is 0 Å². The Morgan fingerprint density at radius 2 is 2.14 bits per heavy atom. The summed E-state index contributed by atoms with van der Waals surface area (Å²) >= 11 is 0. The fourth-order valence-corrected chi connectivity index (χ4v) is 2.11. The van der Waals surface area contributed by atoms with Crippen LogP contribution in [0, 0.1) is 18.2 Å². The third-order valence-corrected chi connectivity index (χ3v) is 3.14. The molecule has 5 nitrogen and oxygen atoms in total. The van der Waals surface area contributed by atoms with Gasteiger partial charge in [-0.2, -0.15) is 4.98 Å². The maximum Gasteiger partial charge on any atom is 0.303 e. The number of aliphatic carboxylic acids is 1. The smallest absolute Gasteiger partial charge is 0.303 e. The Bertz CT molecular complexity index is 665. The van der Waals surface area contributed by atoms with Crippen molar-refractivity contribution in [3.05, 3.63) is 35.5 Å². The van der Waals surface area contributed by atoms with E-state index in [1.54, 1.807) is 19.1 Å². The number of carboxylic acids is 1. The van der Waals surface area contributed by atoms with Crippen molar-refractivity contribution in [1.29, 1.82) is 0 Å². The molecule has 0 saturated carbocycles. The van der Waals surface area contributed by atoms with Gasteiger partial charge in [0.25, 0.3) is 0 Å². The highest BCUT2D eigenvalue weighted by Crippen LogP contribution is 2.26. The van der Waals surface area contributed by atoms with Gasteiger partial charge in [0.2, 0.25) is 11.7 Å². The van der Waals surface area contributed by atoms with Crippen LogP contribution in [0.25, 0.3) is 11.4 Å². The van der Waals surface area contributed by atoms with Crippen LogP contribution >= 0.6 is 0 Å². The third-order valence-electron chi connectivity index (χ3n) is 3.14. The van der Waals surface area contributed by atoms with E-state index in [0.717, 1.165) is 0 Å². The van der Waals surface area contributed by atoms with E-state index in [1.807, 2.05) is 13.8 Å². The molecule has 0 amide bonds. The lowest BCUT2D eigenvalue weighted by atomic mass is 9.86. The van der Waals surface area contributed by atoms with E-state index in [1.165, 1.54) is 6.07 Å². The predicted molar refractivity (Wildman–Crippen MR) is 74.2 cm³/mol. The van der Waals surface area contributed by atoms with Gasteiger partial charge in [-0.3, -0.25) is 4.79 Å². The van der Waals surface area contributed by atoms with Crippen molar-refractivity contribution in [3.63, 3.8) is 0 Å². The van der Waals surface area contributed by atoms with Gasteiger partial charge in [0.05, 0.1) is 6.42 Å². The van der Waals surface area contributed by atoms with E-state index >= 15 is 0 Å². The van der Waals surface area contributed by atoms with Crippen molar-refractivity contribution in [3.8, 4) is 11.4 Å². The van der Waals surface area contributed by atoms with Gasteiger partial charge in [0.1, 0.15) is 5.82 Å². The van der Waals surface area contributed by atoms with Crippen LogP contribution in [0.5, 0.6) is 0 Å². The van der Waals surface area contributed by atoms with Crippen LogP contribution in [0.15, 0.2) is 22.7 Å². The van der Waals surface area contributed by atoms with Gasteiger partial charge in [-0.15, -0.1) is 0 Å². The molecule has 0 bridgehead atoms. The van der Waals surface area contributed by atoms with E-state index in [9.17, 15) is 9.18 Å². The van der Waals surface area contributed by atoms with Crippen molar-refractivity contribution in [1.82, 2.24) is 10.1 Å². The van der Waals surface area contributed by atoms with Crippen molar-refractivity contribution < 1.29 is 18.8 Å². The van der Waals surface area contributed by atoms with Crippen LogP contribution in [-0.2, 0) is 11.2 Å². The maximum atomic E-state index is 13.2. The summed E-state index contributed by atoms with van der Waals surface area (Å²) in [4.78, 5) is 15.0. The monoisotopic (exact) mass is 292 g/mol. The molecule has 0 unspecified atom stereocenters. The molecule has 0 atom stereocenters. The molecule has 21 heavy (non-hydrogen) atoms. The summed E-state index contributed by atoms with van der Waals surface area (Å²) in [6.45, 7) is 5.32. The van der Waals surface area contributed by atoms with Crippen molar-refractivity contribution in [2.24, 2.45) is 5.41 Å². The quantitative estimate of drug-likeness (QED) is 0.915. The lowest BCUT2D eigenvalue weighted by Crippen LogP contribution is -2.19. The Hall–Kier alpha value is -2.24. The van der Waals surface area contributed by atoms with Crippen molar-refractivity contribution >= 4 is 5.97 Å². The number of hydrogen-bond donors (Lipinski definition) is 1. The summed E-state index contributed by atoms with van der Waals surface area (Å²) in [5.74, 6) is -0.406. The minimum Gasteiger partial charge on any atom is -0.481 e. The van der Waals surface area contributed by atoms with Crippen molar-refractivity contribution in [2.45, 2.75) is 33.6 Å². The highest BCUT2D eigenvalue weighted by molar-refractivity contribution is 5.67. The number of benzene rings is 1. The first-order valence-electron chi connectivity index (χ1n) is 6.58. The summed E-state index contributed by atoms with van der Waals surface area (Å²) in [6.07, 6.45) is 0.382. The maximum absolute atomic E-state index is 13.2. The number of aryl methyl sites for hydroxylation is 1. The minimum absolute atomic E-state index is 0.0143. The average Bonchev–Trinajstić information content (AvgIpc) is 2.78. The molecule has 2 rings (SSSR count). The van der Waals surface area contributed by atoms with E-state index < -0.39 is 11.4 Å². The number of halogens is 1. The molecule has 0 aliphatic heterocycles. The third kappa shape index (κ3) is 3.87. The second-order valence-corrected chi connectivity index (χ2v) is 5.89. The zero-order chi connectivity index (χ0) is 15.6. The summed E-state index contributed by atoms with van der Waals surface area (Å²) in [5, 5.41) is 12.7. The van der Waals surface area contributed by atoms with Crippen LogP contribution in [0.1, 0.15) is 31.7 Å². The average molecular weight is 292 g/mol. The predicted octanol–water partition coefficient (Wildman–Crippen LogP) is 3.23. The first kappa shape index (κ1) is 15.2. The molecule has 0 fully saturated rings. The van der Waals surface area contributed by atoms with Gasteiger partial charge in [-0.25, -0.2) is 4.39 Å². The molecule has 0 saturated heterocycles. The number of aromatic nitrogens is 2. The molecule has 1 heterocycles. The summed E-state index contributed by atoms with van der Waals surface area (Å²) in [7, 11) is 0. The van der Waals surface area contributed by atoms with Gasteiger partial charge >= 0.3 is 5.97 Å². The Balaban J connectivity index is 2.18. The second kappa shape index (κ2) is 5.63. The van der Waals surface area contributed by atoms with E-state index in [0.29, 0.717) is 29.3 Å². The first-order valence-corrected chi connectivity index (χ1v) is 6.58. The molecule has 1 aromatic carbocycles. The highest BCUT2D eigenvalue weighted by Gasteiger charge is 2.25. The number of carbonyl (C=O) groups is 1. The van der Waals surface area contributed by atoms with E-state index in [2.05, 4.69) is 10.1 Å². The van der Waals surface area contributed by atoms with Crippen LogP contribution in [0.4, 0.5) is 4.39 Å². The molecular formula is C15H17FN2O3. The Labute approximate surface area is 121 Å². The molecule has 0 aliphatic carbocycles. The Morgan fingerprint density at radius 1 is 1.43 bits per heavy atom. The number of nitrogens with zero attached hydrogens (tertiary/aromatic N) is 2. The zero-order valence-electron chi connectivity index (χ0n) is 12.2. The number of carboxylic acid groups (broad SMARTS) is 1. The van der Waals surface area contributed by atoms with E-state index in [4.69, 9.17) is 9.63 Å². The molecule has 6 heteroatoms. The Morgan fingerprint density at radius 3 is 2.76 bits per heavy atom. The van der Waals surface area contributed by atoms with E-state index in [-0.39, 0.29) is 12.2 Å². The van der Waals surface area contributed by atoms with Crippen LogP contribution in [0.3, 0.4) is 0 Å². The number of rotatable bonds is 5. The fraction of sp³-hybridized carbons (Fsp3) is 0.400. The molecule has 1 aromatic heterocycles. The molecule has 2 aromatic rings. The van der Waals surface area contributed by atoms with Gasteiger partial charge in [-0.05, 0) is 36.1 Å². The molecular weight excluding hydrogens is 275 g/mol. The van der Waals surface area contributed by atoms with Crippen molar-refractivity contribution in [2.75, 3.05) is 0 Å². The molecule has 112 valence electrons. The molecule has 0 spiro atoms. The first-order chi connectivity index (χ1) is 9.77. The van der Waals surface area contributed by atoms with Crippen LogP contribution < -0.4 is 0 Å². The van der Waals surface area contributed by atoms with Gasteiger partial charge in [-0.1, -0.05) is 19.0 Å². The Kier molecular flexibility index (Phi) is 4.06. The SMILES string of the molecule is Cc1cc(-c2noc(CC(C)(C)CC(=O)O)n2)ccc1F. The largest absolute Gasteiger partial charge is 0.481 e. The summed E-state index contributed by atoms with van der Waals surface area (Å²) < 4.78 is 18.4. The molecule has 0 aliphatic rings. The summed E-state index contributed by atoms with van der Waals surface area (Å²) in [5.41, 5.74) is 0.693. The standard InChI is InChI=1S/C15H17FN2O3/c1-9-6-10(4-5-11(9)16)14-17-12(21-18-14)7-15(2,3)8-13(19)20/h4-6H,7-8H2,1-3H3,(H,19,20). The van der Waals surface area contributed by atoms with Gasteiger partial charge in [0.15, 0.2) is 0 Å². The normalized spacial score (nSPS) is 11.6. The lowest BCUT2D eigenvalue weighted by molar-refractivity contribution is -0.139. The summed E-state index contributed by atoms with van der Waals surface area (Å²) in [6, 6.07) is 4.58. The topological polar surface area (TPSA) is 76.2 Å². The van der Waals surface area contributed by atoms with Crippen LogP contribution in [-0.4, -0.2) is 21.2 Å². The van der Waals surface area contributed by atoms with Gasteiger partial charge in [0, 0.05) is 12.0 Å². The minimum atomic E-state index is -0.867. The lowest BCUT2D eigenvalue weighted by Gasteiger charge is -2.19. The fourth-order valence-electron chi connectivity index (χ4n) is 2.11.